The van der Waals surface area contributed by atoms with Crippen LogP contribution in [0.4, 0.5) is 14.5 Å². The summed E-state index contributed by atoms with van der Waals surface area (Å²) in [5.41, 5.74) is 2.76. The Kier molecular flexibility index (Phi) is 8.05. The second-order valence-corrected chi connectivity index (χ2v) is 12.5. The third-order valence-corrected chi connectivity index (χ3v) is 8.91. The van der Waals surface area contributed by atoms with Crippen molar-refractivity contribution in [1.82, 2.24) is 10.2 Å². The number of benzene rings is 3. The molecule has 8 nitrogen and oxygen atoms in total. The van der Waals surface area contributed by atoms with E-state index in [2.05, 4.69) is 5.32 Å². The molecule has 1 aliphatic rings. The van der Waals surface area contributed by atoms with E-state index in [-0.39, 0.29) is 35.4 Å². The van der Waals surface area contributed by atoms with Gasteiger partial charge in [0, 0.05) is 50.1 Å². The van der Waals surface area contributed by atoms with Crippen LogP contribution in [-0.4, -0.2) is 58.6 Å². The highest BCUT2D eigenvalue weighted by Gasteiger charge is 2.31. The molecule has 3 aromatic carbocycles. The first kappa shape index (κ1) is 29.2. The van der Waals surface area contributed by atoms with Gasteiger partial charge in [0.25, 0.3) is 5.91 Å². The Bertz CT molecular complexity index is 1750. The van der Waals surface area contributed by atoms with Gasteiger partial charge in [0.2, 0.25) is 15.9 Å². The maximum absolute atomic E-state index is 13.7. The monoisotopic (exact) mass is 595 g/mol. The molecule has 1 aliphatic heterocycles. The van der Waals surface area contributed by atoms with Crippen LogP contribution in [0.25, 0.3) is 22.3 Å². The van der Waals surface area contributed by atoms with E-state index in [1.807, 2.05) is 0 Å². The van der Waals surface area contributed by atoms with Crippen LogP contribution in [0.3, 0.4) is 0 Å². The molecule has 2 amide bonds. The minimum Gasteiger partial charge on any atom is -0.455 e. The molecule has 1 atom stereocenters. The first-order chi connectivity index (χ1) is 20.0. The predicted molar refractivity (Wildman–Crippen MR) is 157 cm³/mol. The zero-order chi connectivity index (χ0) is 30.2. The molecule has 2 heterocycles. The number of carbonyl (C=O) groups excluding carboxylic acids is 2. The van der Waals surface area contributed by atoms with Crippen molar-refractivity contribution in [3.63, 3.8) is 0 Å². The van der Waals surface area contributed by atoms with Gasteiger partial charge in [0.1, 0.15) is 23.0 Å². The maximum atomic E-state index is 13.7. The van der Waals surface area contributed by atoms with E-state index in [0.717, 1.165) is 6.26 Å². The van der Waals surface area contributed by atoms with Crippen molar-refractivity contribution in [1.29, 1.82) is 0 Å². The van der Waals surface area contributed by atoms with Crippen LogP contribution in [-0.2, 0) is 21.2 Å². The van der Waals surface area contributed by atoms with Crippen LogP contribution in [0.5, 0.6) is 0 Å². The van der Waals surface area contributed by atoms with Crippen molar-refractivity contribution in [3.8, 4) is 11.3 Å². The Labute approximate surface area is 243 Å². The number of hydrogen-bond acceptors (Lipinski definition) is 5. The summed E-state index contributed by atoms with van der Waals surface area (Å²) in [5, 5.41) is 3.11. The molecule has 1 aromatic heterocycles. The summed E-state index contributed by atoms with van der Waals surface area (Å²) in [6.45, 7) is 0.883. The highest BCUT2D eigenvalue weighted by molar-refractivity contribution is 7.92. The average Bonchev–Trinajstić information content (AvgIpc) is 3.35. The lowest BCUT2D eigenvalue weighted by Gasteiger charge is -2.35. The van der Waals surface area contributed by atoms with Gasteiger partial charge in [-0.25, -0.2) is 17.2 Å². The van der Waals surface area contributed by atoms with Gasteiger partial charge in [-0.05, 0) is 66.4 Å². The van der Waals surface area contributed by atoms with Crippen molar-refractivity contribution in [2.45, 2.75) is 25.2 Å². The van der Waals surface area contributed by atoms with Gasteiger partial charge >= 0.3 is 0 Å². The number of hydrogen-bond donors (Lipinski definition) is 1. The zero-order valence-corrected chi connectivity index (χ0v) is 24.3. The van der Waals surface area contributed by atoms with E-state index in [9.17, 15) is 26.8 Å². The van der Waals surface area contributed by atoms with Crippen molar-refractivity contribution in [3.05, 3.63) is 89.0 Å². The number of amides is 2. The Morgan fingerprint density at radius 2 is 1.69 bits per heavy atom. The van der Waals surface area contributed by atoms with Crippen LogP contribution < -0.4 is 9.62 Å². The van der Waals surface area contributed by atoms with E-state index >= 15 is 0 Å². The molecular formula is C31H31F2N3O5S. The van der Waals surface area contributed by atoms with Gasteiger partial charge in [0.05, 0.1) is 23.9 Å². The van der Waals surface area contributed by atoms with Gasteiger partial charge in [-0.2, -0.15) is 0 Å². The van der Waals surface area contributed by atoms with Crippen LogP contribution in [0.15, 0.2) is 65.1 Å². The highest BCUT2D eigenvalue weighted by atomic mass is 32.2. The summed E-state index contributed by atoms with van der Waals surface area (Å²) in [6.07, 6.45) is 2.59. The molecule has 5 rings (SSSR count). The number of fused-ring (bicyclic) bond motifs is 1. The number of sulfonamides is 1. The summed E-state index contributed by atoms with van der Waals surface area (Å²) in [7, 11) is -0.739. The molecular weight excluding hydrogens is 564 g/mol. The second kappa shape index (κ2) is 11.6. The molecule has 1 unspecified atom stereocenters. The fourth-order valence-electron chi connectivity index (χ4n) is 5.43. The molecule has 4 aromatic rings. The Balaban J connectivity index is 1.60. The number of furan rings is 1. The number of nitrogens with zero attached hydrogens (tertiary/aromatic N) is 2. The minimum atomic E-state index is -3.68. The molecule has 11 heteroatoms. The summed E-state index contributed by atoms with van der Waals surface area (Å²) < 4.78 is 59.7. The van der Waals surface area contributed by atoms with Crippen LogP contribution in [0, 0.1) is 11.6 Å². The summed E-state index contributed by atoms with van der Waals surface area (Å²) in [6, 6.07) is 14.7. The molecule has 1 N–H and O–H groups in total. The van der Waals surface area contributed by atoms with Gasteiger partial charge in [-0.15, -0.1) is 0 Å². The zero-order valence-electron chi connectivity index (χ0n) is 23.5. The van der Waals surface area contributed by atoms with E-state index < -0.39 is 21.7 Å². The molecule has 0 spiro atoms. The van der Waals surface area contributed by atoms with Gasteiger partial charge in [-0.1, -0.05) is 12.1 Å². The lowest BCUT2D eigenvalue weighted by atomic mass is 9.87. The predicted octanol–water partition coefficient (Wildman–Crippen LogP) is 5.08. The molecule has 0 aliphatic carbocycles. The van der Waals surface area contributed by atoms with Gasteiger partial charge < -0.3 is 14.6 Å². The number of halogens is 2. The topological polar surface area (TPSA) is 99.9 Å². The third kappa shape index (κ3) is 5.87. The van der Waals surface area contributed by atoms with Crippen molar-refractivity contribution < 1.29 is 31.2 Å². The van der Waals surface area contributed by atoms with E-state index in [4.69, 9.17) is 4.42 Å². The Hall–Kier alpha value is -4.25. The number of carbonyl (C=O) groups is 2. The van der Waals surface area contributed by atoms with Gasteiger partial charge in [-0.3, -0.25) is 13.9 Å². The van der Waals surface area contributed by atoms with E-state index in [0.29, 0.717) is 59.3 Å². The van der Waals surface area contributed by atoms with Crippen molar-refractivity contribution in [2.75, 3.05) is 37.7 Å². The Morgan fingerprint density at radius 1 is 1.05 bits per heavy atom. The largest absolute Gasteiger partial charge is 0.455 e. The molecule has 220 valence electrons. The van der Waals surface area contributed by atoms with Crippen LogP contribution >= 0.6 is 0 Å². The summed E-state index contributed by atoms with van der Waals surface area (Å²) in [4.78, 5) is 28.1. The number of rotatable bonds is 7. The van der Waals surface area contributed by atoms with E-state index in [1.54, 1.807) is 29.2 Å². The molecule has 1 fully saturated rings. The SMILES string of the molecule is CNC(=O)c1c(-c2ccc(F)cc2)oc2cc(N(C)S(C)(=O)=O)c(C3CCCN(C(=O)Cc4ccc(F)cc4)C3)cc12. The fourth-order valence-corrected chi connectivity index (χ4v) is 5.94. The van der Waals surface area contributed by atoms with E-state index in [1.165, 1.54) is 54.8 Å². The molecule has 1 saturated heterocycles. The Morgan fingerprint density at radius 3 is 2.31 bits per heavy atom. The molecule has 42 heavy (non-hydrogen) atoms. The van der Waals surface area contributed by atoms with Crippen molar-refractivity contribution in [2.24, 2.45) is 0 Å². The first-order valence-electron chi connectivity index (χ1n) is 13.5. The number of nitrogens with one attached hydrogen (secondary N) is 1. The fraction of sp³-hybridized carbons (Fsp3) is 0.290. The molecule has 0 radical (unpaired) electrons. The molecule has 0 saturated carbocycles. The standard InChI is InChI=1S/C31H31F2N3O5S/c1-34-31(38)29-25-16-24(21-5-4-14-36(18-21)28(37)15-19-6-10-22(32)11-7-19)26(35(2)42(3,39)40)17-27(25)41-30(29)20-8-12-23(33)13-9-20/h6-13,16-17,21H,4-5,14-15,18H2,1-3H3,(H,34,38). The van der Waals surface area contributed by atoms with Crippen molar-refractivity contribution >= 4 is 38.5 Å². The normalized spacial score (nSPS) is 15.5. The number of likely N-dealkylation sites (tertiary alicyclic amines) is 1. The summed E-state index contributed by atoms with van der Waals surface area (Å²) in [5.74, 6) is -1.34. The number of anilines is 1. The number of piperidine rings is 1. The molecule has 0 bridgehead atoms. The van der Waals surface area contributed by atoms with Gasteiger partial charge in [0.15, 0.2) is 0 Å². The first-order valence-corrected chi connectivity index (χ1v) is 15.4. The third-order valence-electron chi connectivity index (χ3n) is 7.72. The smallest absolute Gasteiger partial charge is 0.255 e. The lowest BCUT2D eigenvalue weighted by Crippen LogP contribution is -2.40. The van der Waals surface area contributed by atoms with Crippen LogP contribution in [0.1, 0.15) is 40.2 Å². The lowest BCUT2D eigenvalue weighted by molar-refractivity contribution is -0.131. The van der Waals surface area contributed by atoms with Crippen LogP contribution in [0.2, 0.25) is 0 Å². The maximum Gasteiger partial charge on any atom is 0.255 e. The quantitative estimate of drug-likeness (QED) is 0.321. The minimum absolute atomic E-state index is 0.113. The highest BCUT2D eigenvalue weighted by Crippen LogP contribution is 2.42. The second-order valence-electron chi connectivity index (χ2n) is 10.5. The summed E-state index contributed by atoms with van der Waals surface area (Å²) >= 11 is 0. The average molecular weight is 596 g/mol.